The van der Waals surface area contributed by atoms with Crippen LogP contribution in [0.2, 0.25) is 0 Å². The van der Waals surface area contributed by atoms with Gasteiger partial charge in [0.2, 0.25) is 11.0 Å². The first-order valence-corrected chi connectivity index (χ1v) is 14.0. The average molecular weight is 552 g/mol. The number of aryl methyl sites for hydroxylation is 2. The monoisotopic (exact) mass is 551 g/mol. The number of amides is 1. The summed E-state index contributed by atoms with van der Waals surface area (Å²) in [7, 11) is 0. The minimum atomic E-state index is -0.872. The lowest BCUT2D eigenvalue weighted by Crippen LogP contribution is -2.15. The highest BCUT2D eigenvalue weighted by atomic mass is 32.1. The van der Waals surface area contributed by atoms with Crippen LogP contribution in [0.3, 0.4) is 0 Å². The lowest BCUT2D eigenvalue weighted by atomic mass is 10.0. The van der Waals surface area contributed by atoms with Gasteiger partial charge in [-0.1, -0.05) is 72.0 Å². The molecule has 2 atom stereocenters. The van der Waals surface area contributed by atoms with E-state index in [2.05, 4.69) is 25.7 Å². The highest BCUT2D eigenvalue weighted by Gasteiger charge is 2.16. The van der Waals surface area contributed by atoms with Crippen molar-refractivity contribution in [2.45, 2.75) is 57.2 Å². The largest absolute Gasteiger partial charge is 0.388 e. The highest BCUT2D eigenvalue weighted by molar-refractivity contribution is 7.15. The fourth-order valence-electron chi connectivity index (χ4n) is 3.81. The van der Waals surface area contributed by atoms with Gasteiger partial charge >= 0.3 is 0 Å². The van der Waals surface area contributed by atoms with E-state index in [0.717, 1.165) is 41.3 Å². The van der Waals surface area contributed by atoms with Crippen molar-refractivity contribution in [1.29, 1.82) is 0 Å². The van der Waals surface area contributed by atoms with Crippen LogP contribution in [0.5, 0.6) is 0 Å². The van der Waals surface area contributed by atoms with E-state index in [9.17, 15) is 19.8 Å². The molecule has 1 amide bonds. The van der Waals surface area contributed by atoms with Crippen molar-refractivity contribution in [3.63, 3.8) is 0 Å². The summed E-state index contributed by atoms with van der Waals surface area (Å²) in [5.74, 6) is -0.387. The Kier molecular flexibility index (Phi) is 10.2. The average Bonchev–Trinajstić information content (AvgIpc) is 3.56. The summed E-state index contributed by atoms with van der Waals surface area (Å²) in [4.78, 5) is 24.6. The Morgan fingerprint density at radius 1 is 0.711 bits per heavy atom. The van der Waals surface area contributed by atoms with E-state index in [-0.39, 0.29) is 31.0 Å². The maximum Gasteiger partial charge on any atom is 0.229 e. The number of benzene rings is 2. The number of ketones is 1. The molecule has 2 heterocycles. The molecule has 198 valence electrons. The molecule has 3 N–H and O–H groups in total. The summed E-state index contributed by atoms with van der Waals surface area (Å²) < 4.78 is 0. The minimum absolute atomic E-state index is 0.0524. The predicted molar refractivity (Wildman–Crippen MR) is 146 cm³/mol. The van der Waals surface area contributed by atoms with Crippen LogP contribution in [0.1, 0.15) is 64.0 Å². The van der Waals surface area contributed by atoms with Crippen molar-refractivity contribution in [2.24, 2.45) is 0 Å². The second-order valence-electron chi connectivity index (χ2n) is 8.82. The van der Waals surface area contributed by atoms with Gasteiger partial charge in [0.1, 0.15) is 20.8 Å². The summed E-state index contributed by atoms with van der Waals surface area (Å²) in [6.07, 6.45) is 1.70. The molecule has 4 rings (SSSR count). The Labute approximate surface area is 228 Å². The van der Waals surface area contributed by atoms with Crippen molar-refractivity contribution < 1.29 is 19.8 Å². The second-order valence-corrected chi connectivity index (χ2v) is 11.0. The van der Waals surface area contributed by atoms with Gasteiger partial charge in [-0.3, -0.25) is 9.59 Å². The number of Topliss-reactive ketones (excluding diaryl/α,β-unsaturated/α-hetero) is 1. The molecule has 0 spiro atoms. The Hall–Kier alpha value is -3.38. The summed E-state index contributed by atoms with van der Waals surface area (Å²) in [6.45, 7) is 0. The third kappa shape index (κ3) is 8.59. The van der Waals surface area contributed by atoms with E-state index < -0.39 is 12.2 Å². The van der Waals surface area contributed by atoms with Gasteiger partial charge in [0.25, 0.3) is 0 Å². The molecule has 0 saturated heterocycles. The van der Waals surface area contributed by atoms with Gasteiger partial charge in [-0.15, -0.1) is 31.7 Å². The molecule has 0 unspecified atom stereocenters. The van der Waals surface area contributed by atoms with Gasteiger partial charge in [-0.25, -0.2) is 0 Å². The third-order valence-corrected chi connectivity index (χ3v) is 7.65. The Balaban J connectivity index is 1.14. The molecule has 0 radical (unpaired) electrons. The van der Waals surface area contributed by atoms with Gasteiger partial charge < -0.3 is 15.5 Å². The van der Waals surface area contributed by atoms with Crippen molar-refractivity contribution in [3.8, 4) is 0 Å². The zero-order valence-corrected chi connectivity index (χ0v) is 22.3. The Morgan fingerprint density at radius 2 is 1.24 bits per heavy atom. The van der Waals surface area contributed by atoms with E-state index in [1.165, 1.54) is 22.7 Å². The summed E-state index contributed by atoms with van der Waals surface area (Å²) in [5, 5.41) is 42.4. The van der Waals surface area contributed by atoms with E-state index in [4.69, 9.17) is 0 Å². The summed E-state index contributed by atoms with van der Waals surface area (Å²) >= 11 is 2.75. The van der Waals surface area contributed by atoms with Crippen LogP contribution in [-0.2, 0) is 28.9 Å². The van der Waals surface area contributed by atoms with Crippen LogP contribution in [0.4, 0.5) is 5.13 Å². The Bertz CT molecular complexity index is 1210. The molecule has 0 bridgehead atoms. The zero-order valence-electron chi connectivity index (χ0n) is 20.7. The maximum absolute atomic E-state index is 12.3. The van der Waals surface area contributed by atoms with Gasteiger partial charge in [0.05, 0.1) is 25.0 Å². The molecule has 0 aliphatic rings. The van der Waals surface area contributed by atoms with Gasteiger partial charge in [-0.05, 0) is 24.0 Å². The number of nitrogens with zero attached hydrogens (tertiary/aromatic N) is 4. The van der Waals surface area contributed by atoms with E-state index in [1.807, 2.05) is 36.4 Å². The number of aliphatic hydroxyl groups is 2. The lowest BCUT2D eigenvalue weighted by molar-refractivity contribution is -0.120. The number of aliphatic hydroxyl groups excluding tert-OH is 2. The molecule has 2 aromatic carbocycles. The molecular formula is C27H29N5O4S2. The summed E-state index contributed by atoms with van der Waals surface area (Å²) in [5.41, 5.74) is 1.42. The molecule has 38 heavy (non-hydrogen) atoms. The number of aromatic nitrogens is 4. The van der Waals surface area contributed by atoms with E-state index >= 15 is 0 Å². The number of rotatable bonds is 14. The van der Waals surface area contributed by atoms with Crippen LogP contribution in [0.15, 0.2) is 60.7 Å². The van der Waals surface area contributed by atoms with Crippen LogP contribution in [0, 0.1) is 0 Å². The quantitative estimate of drug-likeness (QED) is 0.198. The van der Waals surface area contributed by atoms with E-state index in [0.29, 0.717) is 15.7 Å². The Morgan fingerprint density at radius 3 is 1.87 bits per heavy atom. The topological polar surface area (TPSA) is 138 Å². The first-order chi connectivity index (χ1) is 18.5. The lowest BCUT2D eigenvalue weighted by Gasteiger charge is -2.09. The van der Waals surface area contributed by atoms with Crippen molar-refractivity contribution >= 4 is 39.5 Å². The number of nitrogens with one attached hydrogen (secondary N) is 1. The highest BCUT2D eigenvalue weighted by Crippen LogP contribution is 2.22. The molecule has 0 fully saturated rings. The molecule has 11 heteroatoms. The van der Waals surface area contributed by atoms with E-state index in [1.54, 1.807) is 24.3 Å². The zero-order chi connectivity index (χ0) is 26.7. The summed E-state index contributed by atoms with van der Waals surface area (Å²) in [6, 6.07) is 18.2. The van der Waals surface area contributed by atoms with Crippen LogP contribution in [0.25, 0.3) is 0 Å². The molecular weight excluding hydrogens is 522 g/mol. The van der Waals surface area contributed by atoms with Crippen molar-refractivity contribution in [2.75, 3.05) is 5.32 Å². The van der Waals surface area contributed by atoms with Gasteiger partial charge in [0, 0.05) is 19.3 Å². The second kappa shape index (κ2) is 14.0. The molecule has 0 saturated carbocycles. The number of anilines is 1. The minimum Gasteiger partial charge on any atom is -0.388 e. The fraction of sp³-hybridized carbons (Fsp3) is 0.333. The standard InChI is InChI=1S/C27H29N5O4S2/c33-20(15-21(34)18-9-3-1-4-10-18)16-26-31-29-24(37-26)13-7-8-14-25-30-32-27(38-25)28-23(36)17-22(35)19-11-5-2-6-12-19/h1-6,9-12,21-22,34-35H,7-8,13-17H2,(H,28,32,36)/t21-,22-/m1/s1. The van der Waals surface area contributed by atoms with Gasteiger partial charge in [0.15, 0.2) is 0 Å². The van der Waals surface area contributed by atoms with Crippen LogP contribution >= 0.6 is 22.7 Å². The molecule has 0 aliphatic heterocycles. The smallest absolute Gasteiger partial charge is 0.229 e. The van der Waals surface area contributed by atoms with Crippen LogP contribution < -0.4 is 5.32 Å². The fourth-order valence-corrected chi connectivity index (χ4v) is 5.52. The number of carbonyl (C=O) groups is 2. The first kappa shape index (κ1) is 27.6. The molecule has 2 aromatic heterocycles. The molecule has 4 aromatic rings. The normalized spacial score (nSPS) is 12.7. The van der Waals surface area contributed by atoms with Crippen molar-refractivity contribution in [1.82, 2.24) is 20.4 Å². The maximum atomic E-state index is 12.3. The number of carbonyl (C=O) groups excluding carboxylic acids is 2. The number of unbranched alkanes of at least 4 members (excludes halogenated alkanes) is 1. The predicted octanol–water partition coefficient (Wildman–Crippen LogP) is 4.25. The van der Waals surface area contributed by atoms with Gasteiger partial charge in [-0.2, -0.15) is 0 Å². The van der Waals surface area contributed by atoms with Crippen molar-refractivity contribution in [3.05, 3.63) is 86.8 Å². The SMILES string of the molecule is O=C(Cc1nnc(CCCCc2nnc(NC(=O)C[C@@H](O)c3ccccc3)s2)s1)C[C@@H](O)c1ccccc1. The molecule has 9 nitrogen and oxygen atoms in total. The third-order valence-electron chi connectivity index (χ3n) is 5.77. The molecule has 0 aliphatic carbocycles. The first-order valence-electron chi connectivity index (χ1n) is 12.4. The number of hydrogen-bond acceptors (Lipinski definition) is 10. The van der Waals surface area contributed by atoms with Crippen LogP contribution in [-0.4, -0.2) is 42.3 Å². The number of hydrogen-bond donors (Lipinski definition) is 3.